The number of carbonyl (C=O) groups is 1. The van der Waals surface area contributed by atoms with Crippen LogP contribution in [0.1, 0.15) is 0 Å². The Morgan fingerprint density at radius 3 is 2.50 bits per heavy atom. The molecule has 22 heavy (non-hydrogen) atoms. The number of ether oxygens (including phenoxy) is 2. The number of hydrogen-bond donors (Lipinski definition) is 1. The molecule has 2 aromatic rings. The van der Waals surface area contributed by atoms with Gasteiger partial charge in [-0.2, -0.15) is 0 Å². The SMILES string of the molecule is COc1ccc(OC)c(-c2cccc(NC(=O)C(Cl)Cl)c2)c1. The number of anilines is 1. The largest absolute Gasteiger partial charge is 0.497 e. The highest BCUT2D eigenvalue weighted by Gasteiger charge is 2.13. The van der Waals surface area contributed by atoms with Crippen molar-refractivity contribution in [1.29, 1.82) is 0 Å². The van der Waals surface area contributed by atoms with Crippen LogP contribution in [-0.2, 0) is 4.79 Å². The van der Waals surface area contributed by atoms with Crippen LogP contribution >= 0.6 is 23.2 Å². The Hall–Kier alpha value is -1.91. The predicted molar refractivity (Wildman–Crippen MR) is 89.1 cm³/mol. The molecule has 1 N–H and O–H groups in total. The molecule has 0 radical (unpaired) electrons. The third kappa shape index (κ3) is 3.84. The quantitative estimate of drug-likeness (QED) is 0.833. The third-order valence-electron chi connectivity index (χ3n) is 3.05. The van der Waals surface area contributed by atoms with Gasteiger partial charge in [-0.15, -0.1) is 0 Å². The normalized spacial score (nSPS) is 10.4. The Bertz CT molecular complexity index is 674. The van der Waals surface area contributed by atoms with Gasteiger partial charge in [-0.05, 0) is 35.9 Å². The number of rotatable bonds is 5. The molecule has 0 aliphatic heterocycles. The van der Waals surface area contributed by atoms with Crippen LogP contribution < -0.4 is 14.8 Å². The van der Waals surface area contributed by atoms with Crippen LogP contribution in [0.5, 0.6) is 11.5 Å². The summed E-state index contributed by atoms with van der Waals surface area (Å²) in [6.45, 7) is 0. The van der Waals surface area contributed by atoms with Crippen molar-refractivity contribution >= 4 is 34.8 Å². The molecule has 2 aromatic carbocycles. The second-order valence-corrected chi connectivity index (χ2v) is 5.53. The summed E-state index contributed by atoms with van der Waals surface area (Å²) in [5.41, 5.74) is 2.32. The Morgan fingerprint density at radius 2 is 1.86 bits per heavy atom. The lowest BCUT2D eigenvalue weighted by molar-refractivity contribution is -0.114. The molecule has 4 nitrogen and oxygen atoms in total. The minimum absolute atomic E-state index is 0.474. The molecule has 0 atom stereocenters. The van der Waals surface area contributed by atoms with Crippen LogP contribution in [0.3, 0.4) is 0 Å². The van der Waals surface area contributed by atoms with Gasteiger partial charge < -0.3 is 14.8 Å². The maximum Gasteiger partial charge on any atom is 0.257 e. The Kier molecular flexibility index (Phi) is 5.52. The summed E-state index contributed by atoms with van der Waals surface area (Å²) in [5.74, 6) is 0.946. The first kappa shape index (κ1) is 16.5. The van der Waals surface area contributed by atoms with Gasteiger partial charge in [0.2, 0.25) is 0 Å². The molecule has 116 valence electrons. The van der Waals surface area contributed by atoms with Crippen molar-refractivity contribution in [2.45, 2.75) is 4.84 Å². The molecule has 0 aliphatic rings. The Morgan fingerprint density at radius 1 is 1.09 bits per heavy atom. The molecule has 0 spiro atoms. The number of carbonyl (C=O) groups excluding carboxylic acids is 1. The number of halogens is 2. The summed E-state index contributed by atoms with van der Waals surface area (Å²) < 4.78 is 10.6. The monoisotopic (exact) mass is 339 g/mol. The predicted octanol–water partition coefficient (Wildman–Crippen LogP) is 4.11. The number of hydrogen-bond acceptors (Lipinski definition) is 3. The zero-order chi connectivity index (χ0) is 16.1. The van der Waals surface area contributed by atoms with Gasteiger partial charge in [-0.3, -0.25) is 4.79 Å². The summed E-state index contributed by atoms with van der Waals surface area (Å²) in [6.07, 6.45) is 0. The van der Waals surface area contributed by atoms with E-state index in [0.29, 0.717) is 17.2 Å². The van der Waals surface area contributed by atoms with Crippen molar-refractivity contribution in [3.63, 3.8) is 0 Å². The first-order valence-corrected chi connectivity index (χ1v) is 7.34. The lowest BCUT2D eigenvalue weighted by Crippen LogP contribution is -2.18. The van der Waals surface area contributed by atoms with Gasteiger partial charge in [-0.1, -0.05) is 35.3 Å². The molecule has 0 fully saturated rings. The fourth-order valence-corrected chi connectivity index (χ4v) is 2.11. The van der Waals surface area contributed by atoms with Crippen LogP contribution in [0.4, 0.5) is 5.69 Å². The van der Waals surface area contributed by atoms with E-state index in [0.717, 1.165) is 11.1 Å². The van der Waals surface area contributed by atoms with E-state index in [1.54, 1.807) is 20.3 Å². The zero-order valence-electron chi connectivity index (χ0n) is 12.1. The smallest absolute Gasteiger partial charge is 0.257 e. The first-order valence-electron chi connectivity index (χ1n) is 6.46. The standard InChI is InChI=1S/C16H15Cl2NO3/c1-21-12-6-7-14(22-2)13(9-12)10-4-3-5-11(8-10)19-16(20)15(17)18/h3-9,15H,1-2H3,(H,19,20). The van der Waals surface area contributed by atoms with Gasteiger partial charge in [0.05, 0.1) is 14.2 Å². The van der Waals surface area contributed by atoms with E-state index >= 15 is 0 Å². The van der Waals surface area contributed by atoms with E-state index in [2.05, 4.69) is 5.32 Å². The maximum atomic E-state index is 11.6. The molecule has 0 bridgehead atoms. The summed E-state index contributed by atoms with van der Waals surface area (Å²) in [5, 5.41) is 2.64. The average Bonchev–Trinajstić information content (AvgIpc) is 2.54. The van der Waals surface area contributed by atoms with Crippen LogP contribution in [0, 0.1) is 0 Å². The van der Waals surface area contributed by atoms with Crippen molar-refractivity contribution < 1.29 is 14.3 Å². The minimum atomic E-state index is -1.12. The van der Waals surface area contributed by atoms with E-state index < -0.39 is 10.7 Å². The molecule has 0 aromatic heterocycles. The highest BCUT2D eigenvalue weighted by atomic mass is 35.5. The highest BCUT2D eigenvalue weighted by Crippen LogP contribution is 2.34. The van der Waals surface area contributed by atoms with E-state index in [9.17, 15) is 4.79 Å². The van der Waals surface area contributed by atoms with Crippen molar-refractivity contribution in [3.05, 3.63) is 42.5 Å². The van der Waals surface area contributed by atoms with E-state index in [1.807, 2.05) is 36.4 Å². The van der Waals surface area contributed by atoms with Crippen molar-refractivity contribution in [1.82, 2.24) is 0 Å². The van der Waals surface area contributed by atoms with Crippen molar-refractivity contribution in [2.75, 3.05) is 19.5 Å². The third-order valence-corrected chi connectivity index (χ3v) is 3.44. The topological polar surface area (TPSA) is 47.6 Å². The number of amides is 1. The second-order valence-electron chi connectivity index (χ2n) is 4.44. The number of methoxy groups -OCH3 is 2. The maximum absolute atomic E-state index is 11.6. The van der Waals surface area contributed by atoms with Gasteiger partial charge in [0.25, 0.3) is 5.91 Å². The molecule has 0 saturated carbocycles. The molecule has 2 rings (SSSR count). The minimum Gasteiger partial charge on any atom is -0.497 e. The number of benzene rings is 2. The first-order chi connectivity index (χ1) is 10.5. The Labute approximate surface area is 138 Å². The van der Waals surface area contributed by atoms with Crippen LogP contribution in [0.15, 0.2) is 42.5 Å². The summed E-state index contributed by atoms with van der Waals surface area (Å²) in [7, 11) is 3.20. The lowest BCUT2D eigenvalue weighted by atomic mass is 10.0. The molecular formula is C16H15Cl2NO3. The number of nitrogens with one attached hydrogen (secondary N) is 1. The summed E-state index contributed by atoms with van der Waals surface area (Å²) in [4.78, 5) is 10.4. The Balaban J connectivity index is 2.39. The lowest BCUT2D eigenvalue weighted by Gasteiger charge is -2.12. The fourth-order valence-electron chi connectivity index (χ4n) is 2.00. The highest BCUT2D eigenvalue weighted by molar-refractivity contribution is 6.54. The van der Waals surface area contributed by atoms with Gasteiger partial charge >= 0.3 is 0 Å². The van der Waals surface area contributed by atoms with Crippen LogP contribution in [0.25, 0.3) is 11.1 Å². The van der Waals surface area contributed by atoms with Gasteiger partial charge in [0.15, 0.2) is 4.84 Å². The van der Waals surface area contributed by atoms with Crippen LogP contribution in [0.2, 0.25) is 0 Å². The zero-order valence-corrected chi connectivity index (χ0v) is 13.6. The molecule has 0 aliphatic carbocycles. The van der Waals surface area contributed by atoms with Gasteiger partial charge in [0, 0.05) is 11.3 Å². The molecule has 0 unspecified atom stereocenters. The molecule has 0 heterocycles. The van der Waals surface area contributed by atoms with E-state index in [-0.39, 0.29) is 0 Å². The van der Waals surface area contributed by atoms with Gasteiger partial charge in [0.1, 0.15) is 11.5 Å². The summed E-state index contributed by atoms with van der Waals surface area (Å²) in [6, 6.07) is 12.8. The number of alkyl halides is 2. The average molecular weight is 340 g/mol. The fraction of sp³-hybridized carbons (Fsp3) is 0.188. The molecule has 0 saturated heterocycles. The van der Waals surface area contributed by atoms with E-state index in [4.69, 9.17) is 32.7 Å². The van der Waals surface area contributed by atoms with Crippen molar-refractivity contribution in [2.24, 2.45) is 0 Å². The molecular weight excluding hydrogens is 325 g/mol. The van der Waals surface area contributed by atoms with Gasteiger partial charge in [-0.25, -0.2) is 0 Å². The molecule has 1 amide bonds. The van der Waals surface area contributed by atoms with Crippen LogP contribution in [-0.4, -0.2) is 25.0 Å². The van der Waals surface area contributed by atoms with E-state index in [1.165, 1.54) is 0 Å². The molecule has 6 heteroatoms. The van der Waals surface area contributed by atoms with Crippen molar-refractivity contribution in [3.8, 4) is 22.6 Å². The second kappa shape index (κ2) is 7.38. The summed E-state index contributed by atoms with van der Waals surface area (Å²) >= 11 is 11.1.